The van der Waals surface area contributed by atoms with Crippen LogP contribution in [0.3, 0.4) is 0 Å². The molecular formula is C12H20O. The Morgan fingerprint density at radius 2 is 2.15 bits per heavy atom. The molecule has 1 saturated carbocycles. The van der Waals surface area contributed by atoms with Crippen molar-refractivity contribution >= 4 is 0 Å². The molecule has 3 atom stereocenters. The molecule has 2 rings (SSSR count). The summed E-state index contributed by atoms with van der Waals surface area (Å²) in [6.07, 6.45) is 5.71. The summed E-state index contributed by atoms with van der Waals surface area (Å²) in [6.45, 7) is 6.79. The molecule has 0 amide bonds. The number of rotatable bonds is 0. The lowest BCUT2D eigenvalue weighted by Gasteiger charge is -2.32. The summed E-state index contributed by atoms with van der Waals surface area (Å²) in [7, 11) is 0. The van der Waals surface area contributed by atoms with Crippen molar-refractivity contribution in [2.24, 2.45) is 17.3 Å². The van der Waals surface area contributed by atoms with Gasteiger partial charge in [-0.15, -0.1) is 0 Å². The molecule has 0 aromatic heterocycles. The van der Waals surface area contributed by atoms with Gasteiger partial charge < -0.3 is 5.11 Å². The van der Waals surface area contributed by atoms with E-state index in [2.05, 4.69) is 26.8 Å². The van der Waals surface area contributed by atoms with Gasteiger partial charge in [-0.3, -0.25) is 0 Å². The molecule has 0 aromatic rings. The van der Waals surface area contributed by atoms with Gasteiger partial charge in [0.15, 0.2) is 0 Å². The van der Waals surface area contributed by atoms with Crippen LogP contribution >= 0.6 is 0 Å². The quantitative estimate of drug-likeness (QED) is 0.568. The highest BCUT2D eigenvalue weighted by Crippen LogP contribution is 2.51. The van der Waals surface area contributed by atoms with Crippen LogP contribution in [0.5, 0.6) is 0 Å². The smallest absolute Gasteiger partial charge is 0.0610 e. The Bertz CT molecular complexity index is 240. The molecule has 2 aliphatic rings. The summed E-state index contributed by atoms with van der Waals surface area (Å²) in [4.78, 5) is 0. The zero-order valence-electron chi connectivity index (χ0n) is 8.88. The molecule has 0 unspecified atom stereocenters. The van der Waals surface area contributed by atoms with Crippen molar-refractivity contribution in [3.8, 4) is 0 Å². The van der Waals surface area contributed by atoms with Crippen LogP contribution in [-0.4, -0.2) is 11.2 Å². The normalized spacial score (nSPS) is 42.8. The SMILES string of the molecule is CC1=C[C@@H]2[C@@H](CC1)C(C)(C)C[C@@H]2O. The fraction of sp³-hybridized carbons (Fsp3) is 0.833. The van der Waals surface area contributed by atoms with E-state index in [0.29, 0.717) is 17.3 Å². The number of hydrogen-bond acceptors (Lipinski definition) is 1. The Hall–Kier alpha value is -0.300. The van der Waals surface area contributed by atoms with Gasteiger partial charge in [0, 0.05) is 5.92 Å². The molecule has 2 aliphatic carbocycles. The van der Waals surface area contributed by atoms with Gasteiger partial charge in [0.1, 0.15) is 0 Å². The summed E-state index contributed by atoms with van der Waals surface area (Å²) in [5, 5.41) is 9.93. The molecule has 0 radical (unpaired) electrons. The maximum Gasteiger partial charge on any atom is 0.0610 e. The van der Waals surface area contributed by atoms with E-state index < -0.39 is 0 Å². The summed E-state index contributed by atoms with van der Waals surface area (Å²) in [5.74, 6) is 1.16. The Morgan fingerprint density at radius 1 is 1.46 bits per heavy atom. The number of fused-ring (bicyclic) bond motifs is 1. The molecule has 1 N–H and O–H groups in total. The maximum atomic E-state index is 9.93. The molecule has 0 aromatic carbocycles. The van der Waals surface area contributed by atoms with Crippen LogP contribution < -0.4 is 0 Å². The Kier molecular flexibility index (Phi) is 2.03. The Labute approximate surface area is 80.8 Å². The van der Waals surface area contributed by atoms with E-state index in [1.54, 1.807) is 0 Å². The first-order valence-corrected chi connectivity index (χ1v) is 5.36. The van der Waals surface area contributed by atoms with Crippen LogP contribution in [0, 0.1) is 17.3 Å². The maximum absolute atomic E-state index is 9.93. The van der Waals surface area contributed by atoms with Crippen molar-refractivity contribution in [1.82, 2.24) is 0 Å². The van der Waals surface area contributed by atoms with Crippen LogP contribution in [0.1, 0.15) is 40.0 Å². The standard InChI is InChI=1S/C12H20O/c1-8-4-5-10-9(6-8)11(13)7-12(10,2)3/h6,9-11,13H,4-5,7H2,1-3H3/t9-,10-,11+/m1/s1. The highest BCUT2D eigenvalue weighted by Gasteiger charge is 2.47. The van der Waals surface area contributed by atoms with Crippen molar-refractivity contribution < 1.29 is 5.11 Å². The number of allylic oxidation sites excluding steroid dienone is 1. The van der Waals surface area contributed by atoms with Crippen LogP contribution in [0.4, 0.5) is 0 Å². The zero-order chi connectivity index (χ0) is 9.64. The zero-order valence-corrected chi connectivity index (χ0v) is 8.88. The van der Waals surface area contributed by atoms with E-state index in [-0.39, 0.29) is 6.10 Å². The largest absolute Gasteiger partial charge is 0.392 e. The first-order chi connectivity index (χ1) is 6.00. The van der Waals surface area contributed by atoms with Gasteiger partial charge in [0.05, 0.1) is 6.10 Å². The first kappa shape index (κ1) is 9.26. The van der Waals surface area contributed by atoms with Gasteiger partial charge >= 0.3 is 0 Å². The van der Waals surface area contributed by atoms with Crippen LogP contribution in [0.15, 0.2) is 11.6 Å². The van der Waals surface area contributed by atoms with E-state index >= 15 is 0 Å². The predicted octanol–water partition coefficient (Wildman–Crippen LogP) is 2.75. The van der Waals surface area contributed by atoms with Crippen molar-refractivity contribution in [2.75, 3.05) is 0 Å². The molecule has 0 bridgehead atoms. The fourth-order valence-corrected chi connectivity index (χ4v) is 3.22. The third-order valence-electron chi connectivity index (χ3n) is 3.97. The highest BCUT2D eigenvalue weighted by molar-refractivity contribution is 5.14. The molecular weight excluding hydrogens is 160 g/mol. The molecule has 74 valence electrons. The lowest BCUT2D eigenvalue weighted by molar-refractivity contribution is 0.137. The second-order valence-electron chi connectivity index (χ2n) is 5.50. The summed E-state index contributed by atoms with van der Waals surface area (Å²) >= 11 is 0. The van der Waals surface area contributed by atoms with Gasteiger partial charge in [-0.1, -0.05) is 25.5 Å². The molecule has 1 nitrogen and oxygen atoms in total. The second-order valence-corrected chi connectivity index (χ2v) is 5.50. The summed E-state index contributed by atoms with van der Waals surface area (Å²) < 4.78 is 0. The van der Waals surface area contributed by atoms with Gasteiger partial charge in [-0.05, 0) is 37.5 Å². The number of aliphatic hydroxyl groups excluding tert-OH is 1. The van der Waals surface area contributed by atoms with Crippen LogP contribution in [0.25, 0.3) is 0 Å². The second kappa shape index (κ2) is 2.84. The fourth-order valence-electron chi connectivity index (χ4n) is 3.22. The lowest BCUT2D eigenvalue weighted by atomic mass is 9.72. The first-order valence-electron chi connectivity index (χ1n) is 5.36. The minimum absolute atomic E-state index is 0.0877. The van der Waals surface area contributed by atoms with Crippen molar-refractivity contribution in [2.45, 2.75) is 46.1 Å². The van der Waals surface area contributed by atoms with Gasteiger partial charge in [0.2, 0.25) is 0 Å². The monoisotopic (exact) mass is 180 g/mol. The van der Waals surface area contributed by atoms with Crippen LogP contribution in [-0.2, 0) is 0 Å². The van der Waals surface area contributed by atoms with Crippen molar-refractivity contribution in [1.29, 1.82) is 0 Å². The molecule has 0 heterocycles. The Morgan fingerprint density at radius 3 is 2.85 bits per heavy atom. The molecule has 1 fully saturated rings. The van der Waals surface area contributed by atoms with Crippen molar-refractivity contribution in [3.05, 3.63) is 11.6 Å². The average Bonchev–Trinajstić information content (AvgIpc) is 2.22. The summed E-state index contributed by atoms with van der Waals surface area (Å²) in [5.41, 5.74) is 1.82. The van der Waals surface area contributed by atoms with E-state index in [0.717, 1.165) is 6.42 Å². The Balaban J connectivity index is 2.27. The summed E-state index contributed by atoms with van der Waals surface area (Å²) in [6, 6.07) is 0. The predicted molar refractivity (Wildman–Crippen MR) is 54.4 cm³/mol. The number of aliphatic hydroxyl groups is 1. The minimum atomic E-state index is -0.0877. The molecule has 0 aliphatic heterocycles. The third-order valence-corrected chi connectivity index (χ3v) is 3.97. The van der Waals surface area contributed by atoms with Crippen molar-refractivity contribution in [3.63, 3.8) is 0 Å². The minimum Gasteiger partial charge on any atom is -0.392 e. The van der Waals surface area contributed by atoms with E-state index in [1.165, 1.54) is 18.4 Å². The molecule has 0 saturated heterocycles. The third kappa shape index (κ3) is 1.43. The topological polar surface area (TPSA) is 20.2 Å². The number of hydrogen-bond donors (Lipinski definition) is 1. The van der Waals surface area contributed by atoms with E-state index in [4.69, 9.17) is 0 Å². The molecule has 1 heteroatoms. The van der Waals surface area contributed by atoms with E-state index in [9.17, 15) is 5.11 Å². The van der Waals surface area contributed by atoms with Gasteiger partial charge in [-0.25, -0.2) is 0 Å². The molecule has 13 heavy (non-hydrogen) atoms. The molecule has 0 spiro atoms. The average molecular weight is 180 g/mol. The lowest BCUT2D eigenvalue weighted by Crippen LogP contribution is -2.25. The van der Waals surface area contributed by atoms with Gasteiger partial charge in [-0.2, -0.15) is 0 Å². The van der Waals surface area contributed by atoms with Gasteiger partial charge in [0.25, 0.3) is 0 Å². The van der Waals surface area contributed by atoms with Crippen LogP contribution in [0.2, 0.25) is 0 Å². The van der Waals surface area contributed by atoms with E-state index in [1.807, 2.05) is 0 Å². The highest BCUT2D eigenvalue weighted by atomic mass is 16.3.